The lowest BCUT2D eigenvalue weighted by atomic mass is 9.98. The van der Waals surface area contributed by atoms with Crippen LogP contribution in [0.4, 0.5) is 0 Å². The summed E-state index contributed by atoms with van der Waals surface area (Å²) in [5, 5.41) is 0.481. The lowest BCUT2D eigenvalue weighted by Gasteiger charge is -2.20. The number of likely N-dealkylation sites (N-methyl/N-ethyl adjacent to an activating group) is 1. The van der Waals surface area contributed by atoms with Crippen LogP contribution in [0.25, 0.3) is 0 Å². The number of halogens is 1. The Balaban J connectivity index is 3.05. The van der Waals surface area contributed by atoms with Gasteiger partial charge in [-0.05, 0) is 17.7 Å². The Hall–Kier alpha value is -1.26. The summed E-state index contributed by atoms with van der Waals surface area (Å²) in [7, 11) is 4.96. The minimum atomic E-state index is -0.367. The molecule has 1 unspecified atom stereocenters. The molecule has 0 saturated carbocycles. The quantitative estimate of drug-likeness (QED) is 0.888. The summed E-state index contributed by atoms with van der Waals surface area (Å²) in [6, 6.07) is 5.27. The third-order valence-electron chi connectivity index (χ3n) is 2.55. The number of carbonyl (C=O) groups is 1. The monoisotopic (exact) mass is 256 g/mol. The smallest absolute Gasteiger partial charge is 0.230 e. The Bertz CT molecular complexity index is 407. The number of ether oxygens (including phenoxy) is 1. The fourth-order valence-corrected chi connectivity index (χ4v) is 1.86. The zero-order chi connectivity index (χ0) is 13.0. The van der Waals surface area contributed by atoms with Gasteiger partial charge >= 0.3 is 0 Å². The van der Waals surface area contributed by atoms with Crippen LogP contribution < -0.4 is 10.5 Å². The fourth-order valence-electron chi connectivity index (χ4n) is 1.59. The molecule has 0 aromatic heterocycles. The van der Waals surface area contributed by atoms with Crippen LogP contribution in [0.3, 0.4) is 0 Å². The first kappa shape index (κ1) is 13.8. The van der Waals surface area contributed by atoms with Crippen LogP contribution in [0.1, 0.15) is 11.5 Å². The van der Waals surface area contributed by atoms with Gasteiger partial charge in [-0.1, -0.05) is 17.7 Å². The van der Waals surface area contributed by atoms with Crippen LogP contribution >= 0.6 is 11.6 Å². The molecule has 0 fully saturated rings. The number of carbonyl (C=O) groups excluding carboxylic acids is 1. The molecule has 5 heteroatoms. The number of nitrogens with zero attached hydrogens (tertiary/aromatic N) is 1. The van der Waals surface area contributed by atoms with E-state index in [4.69, 9.17) is 22.1 Å². The van der Waals surface area contributed by atoms with Crippen LogP contribution in [-0.4, -0.2) is 38.6 Å². The van der Waals surface area contributed by atoms with Crippen molar-refractivity contribution >= 4 is 17.5 Å². The largest absolute Gasteiger partial charge is 0.495 e. The highest BCUT2D eigenvalue weighted by molar-refractivity contribution is 6.32. The molecule has 4 nitrogen and oxygen atoms in total. The first-order valence-electron chi connectivity index (χ1n) is 5.26. The molecule has 17 heavy (non-hydrogen) atoms. The molecule has 1 aromatic rings. The molecular formula is C12H17ClN2O2. The first-order chi connectivity index (χ1) is 8.01. The van der Waals surface area contributed by atoms with Crippen LogP contribution in [-0.2, 0) is 4.79 Å². The van der Waals surface area contributed by atoms with Crippen LogP contribution in [0.5, 0.6) is 5.75 Å². The Kier molecular flexibility index (Phi) is 4.78. The molecule has 0 radical (unpaired) electrons. The van der Waals surface area contributed by atoms with Crippen molar-refractivity contribution < 1.29 is 9.53 Å². The minimum absolute atomic E-state index is 0.0336. The van der Waals surface area contributed by atoms with Gasteiger partial charge in [-0.3, -0.25) is 4.79 Å². The topological polar surface area (TPSA) is 55.6 Å². The average molecular weight is 257 g/mol. The maximum Gasteiger partial charge on any atom is 0.230 e. The molecule has 0 bridgehead atoms. The van der Waals surface area contributed by atoms with E-state index < -0.39 is 0 Å². The third kappa shape index (κ3) is 3.11. The molecule has 0 aliphatic rings. The van der Waals surface area contributed by atoms with Gasteiger partial charge in [-0.2, -0.15) is 0 Å². The van der Waals surface area contributed by atoms with Gasteiger partial charge in [0.15, 0.2) is 0 Å². The zero-order valence-corrected chi connectivity index (χ0v) is 11.0. The molecule has 0 aliphatic heterocycles. The maximum atomic E-state index is 11.9. The van der Waals surface area contributed by atoms with E-state index in [0.717, 1.165) is 5.56 Å². The highest BCUT2D eigenvalue weighted by Gasteiger charge is 2.21. The summed E-state index contributed by atoms with van der Waals surface area (Å²) in [5.41, 5.74) is 6.45. The molecule has 0 saturated heterocycles. The predicted molar refractivity (Wildman–Crippen MR) is 68.5 cm³/mol. The maximum absolute atomic E-state index is 11.9. The highest BCUT2D eigenvalue weighted by atomic mass is 35.5. The SMILES string of the molecule is COc1ccc(C(CN)C(=O)N(C)C)cc1Cl. The zero-order valence-electron chi connectivity index (χ0n) is 10.2. The van der Waals surface area contributed by atoms with Gasteiger partial charge in [0.25, 0.3) is 0 Å². The van der Waals surface area contributed by atoms with E-state index in [1.165, 1.54) is 4.90 Å². The van der Waals surface area contributed by atoms with Crippen molar-refractivity contribution in [3.05, 3.63) is 28.8 Å². The van der Waals surface area contributed by atoms with Gasteiger partial charge in [0.1, 0.15) is 5.75 Å². The molecule has 0 heterocycles. The number of amides is 1. The van der Waals surface area contributed by atoms with E-state index in [-0.39, 0.29) is 18.4 Å². The number of nitrogens with two attached hydrogens (primary N) is 1. The summed E-state index contributed by atoms with van der Waals surface area (Å²) >= 11 is 6.02. The molecule has 1 amide bonds. The fraction of sp³-hybridized carbons (Fsp3) is 0.417. The van der Waals surface area contributed by atoms with E-state index in [0.29, 0.717) is 10.8 Å². The normalized spacial score (nSPS) is 12.1. The minimum Gasteiger partial charge on any atom is -0.495 e. The van der Waals surface area contributed by atoms with Crippen molar-refractivity contribution in [3.8, 4) is 5.75 Å². The van der Waals surface area contributed by atoms with Gasteiger partial charge in [0.05, 0.1) is 18.1 Å². The van der Waals surface area contributed by atoms with Gasteiger partial charge in [-0.25, -0.2) is 0 Å². The van der Waals surface area contributed by atoms with Crippen LogP contribution in [0.2, 0.25) is 5.02 Å². The third-order valence-corrected chi connectivity index (χ3v) is 2.85. The molecule has 1 atom stereocenters. The molecule has 94 valence electrons. The summed E-state index contributed by atoms with van der Waals surface area (Å²) in [6.07, 6.45) is 0. The van der Waals surface area contributed by atoms with Crippen LogP contribution in [0, 0.1) is 0 Å². The Morgan fingerprint density at radius 2 is 2.18 bits per heavy atom. The van der Waals surface area contributed by atoms with Crippen molar-refractivity contribution in [1.82, 2.24) is 4.90 Å². The lowest BCUT2D eigenvalue weighted by Crippen LogP contribution is -2.32. The van der Waals surface area contributed by atoms with E-state index >= 15 is 0 Å². The Morgan fingerprint density at radius 1 is 1.53 bits per heavy atom. The Labute approximate surface area is 106 Å². The van der Waals surface area contributed by atoms with E-state index in [9.17, 15) is 4.79 Å². The number of hydrogen-bond acceptors (Lipinski definition) is 3. The predicted octanol–water partition coefficient (Wildman–Crippen LogP) is 1.48. The molecule has 1 aromatic carbocycles. The first-order valence-corrected chi connectivity index (χ1v) is 5.63. The standard InChI is InChI=1S/C12H17ClN2O2/c1-15(2)12(16)9(7-14)8-4-5-11(17-3)10(13)6-8/h4-6,9H,7,14H2,1-3H3. The van der Waals surface area contributed by atoms with Crippen molar-refractivity contribution in [3.63, 3.8) is 0 Å². The van der Waals surface area contributed by atoms with Crippen molar-refractivity contribution in [2.45, 2.75) is 5.92 Å². The summed E-state index contributed by atoms with van der Waals surface area (Å²) in [4.78, 5) is 13.4. The highest BCUT2D eigenvalue weighted by Crippen LogP contribution is 2.28. The van der Waals surface area contributed by atoms with Crippen molar-refractivity contribution in [2.75, 3.05) is 27.7 Å². The van der Waals surface area contributed by atoms with E-state index in [1.807, 2.05) is 6.07 Å². The van der Waals surface area contributed by atoms with Gasteiger partial charge in [0.2, 0.25) is 5.91 Å². The summed E-state index contributed by atoms with van der Waals surface area (Å²) < 4.78 is 5.06. The summed E-state index contributed by atoms with van der Waals surface area (Å²) in [5.74, 6) is 0.186. The van der Waals surface area contributed by atoms with E-state index in [2.05, 4.69) is 0 Å². The van der Waals surface area contributed by atoms with Crippen molar-refractivity contribution in [1.29, 1.82) is 0 Å². The molecule has 1 rings (SSSR count). The second-order valence-electron chi connectivity index (χ2n) is 3.91. The number of rotatable bonds is 4. The molecular weight excluding hydrogens is 240 g/mol. The average Bonchev–Trinajstić information content (AvgIpc) is 2.30. The van der Waals surface area contributed by atoms with Gasteiger partial charge in [-0.15, -0.1) is 0 Å². The molecule has 2 N–H and O–H groups in total. The second kappa shape index (κ2) is 5.89. The molecule has 0 spiro atoms. The summed E-state index contributed by atoms with van der Waals surface area (Å²) in [6.45, 7) is 0.250. The number of methoxy groups -OCH3 is 1. The second-order valence-corrected chi connectivity index (χ2v) is 4.32. The Morgan fingerprint density at radius 3 is 2.59 bits per heavy atom. The van der Waals surface area contributed by atoms with Crippen molar-refractivity contribution in [2.24, 2.45) is 5.73 Å². The number of benzene rings is 1. The number of hydrogen-bond donors (Lipinski definition) is 1. The van der Waals surface area contributed by atoms with Gasteiger partial charge < -0.3 is 15.4 Å². The van der Waals surface area contributed by atoms with Gasteiger partial charge in [0, 0.05) is 20.6 Å². The lowest BCUT2D eigenvalue weighted by molar-refractivity contribution is -0.130. The van der Waals surface area contributed by atoms with Crippen LogP contribution in [0.15, 0.2) is 18.2 Å². The molecule has 0 aliphatic carbocycles. The van der Waals surface area contributed by atoms with E-state index in [1.54, 1.807) is 33.3 Å².